The number of carbonyl (C=O) groups excluding carboxylic acids is 3. The molecule has 9 nitrogen and oxygen atoms in total. The number of benzene rings is 3. The van der Waals surface area contributed by atoms with Crippen molar-refractivity contribution in [2.75, 3.05) is 18.5 Å². The quantitative estimate of drug-likeness (QED) is 0.197. The van der Waals surface area contributed by atoms with Gasteiger partial charge in [-0.15, -0.1) is 0 Å². The number of hydrogen-bond acceptors (Lipinski definition) is 6. The van der Waals surface area contributed by atoms with E-state index in [0.29, 0.717) is 14.9 Å². The van der Waals surface area contributed by atoms with E-state index >= 15 is 0 Å². The van der Waals surface area contributed by atoms with Gasteiger partial charge in [0.1, 0.15) is 36.4 Å². The summed E-state index contributed by atoms with van der Waals surface area (Å²) in [4.78, 5) is 41.2. The summed E-state index contributed by atoms with van der Waals surface area (Å²) in [5.41, 5.74) is 1.12. The van der Waals surface area contributed by atoms with Gasteiger partial charge in [-0.3, -0.25) is 9.59 Å². The number of halogens is 2. The number of carbonyl (C=O) groups is 3. The molecule has 11 heteroatoms. The van der Waals surface area contributed by atoms with Crippen LogP contribution in [0.3, 0.4) is 0 Å². The zero-order valence-corrected chi connectivity index (χ0v) is 23.0. The highest BCUT2D eigenvalue weighted by molar-refractivity contribution is 14.1. The smallest absolute Gasteiger partial charge is 0.325 e. The molecule has 3 aromatic rings. The zero-order chi connectivity index (χ0) is 28.1. The number of amides is 4. The van der Waals surface area contributed by atoms with Crippen molar-refractivity contribution >= 4 is 46.1 Å². The van der Waals surface area contributed by atoms with Crippen molar-refractivity contribution in [3.05, 3.63) is 93.3 Å². The first-order chi connectivity index (χ1) is 18.7. The van der Waals surface area contributed by atoms with E-state index in [9.17, 15) is 23.9 Å². The molecule has 0 spiro atoms. The molecule has 1 heterocycles. The lowest BCUT2D eigenvalue weighted by atomic mass is 9.91. The maximum Gasteiger partial charge on any atom is 0.325 e. The molecule has 1 aliphatic rings. The van der Waals surface area contributed by atoms with E-state index in [0.717, 1.165) is 10.5 Å². The Labute approximate surface area is 238 Å². The van der Waals surface area contributed by atoms with Gasteiger partial charge in [-0.25, -0.2) is 14.1 Å². The first-order valence-corrected chi connectivity index (χ1v) is 13.2. The van der Waals surface area contributed by atoms with Crippen molar-refractivity contribution in [3.8, 4) is 5.75 Å². The predicted molar refractivity (Wildman–Crippen MR) is 150 cm³/mol. The molecule has 1 aliphatic heterocycles. The molecular formula is C28H27FIN3O6. The molecule has 3 aromatic carbocycles. The van der Waals surface area contributed by atoms with Crippen LogP contribution in [0.15, 0.2) is 72.8 Å². The van der Waals surface area contributed by atoms with Crippen LogP contribution in [0.4, 0.5) is 14.9 Å². The lowest BCUT2D eigenvalue weighted by molar-refractivity contribution is -0.134. The number of aliphatic hydroxyl groups excluding tert-OH is 2. The van der Waals surface area contributed by atoms with Crippen LogP contribution < -0.4 is 15.4 Å². The molecule has 1 saturated heterocycles. The van der Waals surface area contributed by atoms with Gasteiger partial charge in [0.05, 0.1) is 12.3 Å². The third kappa shape index (κ3) is 6.54. The van der Waals surface area contributed by atoms with Crippen LogP contribution in [0.25, 0.3) is 0 Å². The number of anilines is 1. The SMILES string of the molecule is CC(c1ccccc1)C(C(=O)Nc1ccc(I)cc1F)N1C(=O)NC(c2ccc(OCC(O)CO)cc2)C1=O. The Balaban J connectivity index is 1.60. The highest BCUT2D eigenvalue weighted by Crippen LogP contribution is 2.32. The van der Waals surface area contributed by atoms with Gasteiger partial charge in [-0.05, 0) is 64.0 Å². The van der Waals surface area contributed by atoms with E-state index < -0.39 is 54.4 Å². The number of aliphatic hydroxyl groups is 2. The largest absolute Gasteiger partial charge is 0.491 e. The van der Waals surface area contributed by atoms with Gasteiger partial charge in [-0.1, -0.05) is 49.4 Å². The summed E-state index contributed by atoms with van der Waals surface area (Å²) in [6, 6.07) is 16.5. The van der Waals surface area contributed by atoms with Gasteiger partial charge >= 0.3 is 6.03 Å². The second kappa shape index (κ2) is 12.5. The van der Waals surface area contributed by atoms with E-state index in [1.807, 2.05) is 28.7 Å². The standard InChI is InChI=1S/C28H27FIN3O6/c1-16(17-5-3-2-4-6-17)25(26(36)31-23-12-9-19(30)13-22(23)29)33-27(37)24(32-28(33)38)18-7-10-21(11-8-18)39-15-20(35)14-34/h2-13,16,20,24-25,34-35H,14-15H2,1H3,(H,31,36)(H,32,38). The molecular weight excluding hydrogens is 620 g/mol. The molecule has 4 N–H and O–H groups in total. The summed E-state index contributed by atoms with van der Waals surface area (Å²) < 4.78 is 20.6. The minimum atomic E-state index is -1.27. The Kier molecular flexibility index (Phi) is 9.15. The number of imide groups is 1. The van der Waals surface area contributed by atoms with Gasteiger partial charge in [0.15, 0.2) is 0 Å². The van der Waals surface area contributed by atoms with Crippen molar-refractivity contribution < 1.29 is 33.7 Å². The molecule has 4 amide bonds. The van der Waals surface area contributed by atoms with Crippen molar-refractivity contribution in [2.45, 2.75) is 31.0 Å². The molecule has 204 valence electrons. The summed E-state index contributed by atoms with van der Waals surface area (Å²) in [6.45, 7) is 1.17. The fraction of sp³-hybridized carbons (Fsp3) is 0.250. The normalized spacial score (nSPS) is 17.4. The van der Waals surface area contributed by atoms with Gasteiger partial charge in [0.25, 0.3) is 5.91 Å². The molecule has 0 aliphatic carbocycles. The predicted octanol–water partition coefficient (Wildman–Crippen LogP) is 3.57. The zero-order valence-electron chi connectivity index (χ0n) is 20.9. The lowest BCUT2D eigenvalue weighted by Gasteiger charge is -2.30. The molecule has 1 fully saturated rings. The Morgan fingerprint density at radius 1 is 1.13 bits per heavy atom. The Bertz CT molecular complexity index is 1340. The topological polar surface area (TPSA) is 128 Å². The van der Waals surface area contributed by atoms with E-state index in [1.54, 1.807) is 61.5 Å². The van der Waals surface area contributed by atoms with E-state index in [-0.39, 0.29) is 12.3 Å². The van der Waals surface area contributed by atoms with Crippen molar-refractivity contribution in [1.82, 2.24) is 10.2 Å². The van der Waals surface area contributed by atoms with Crippen LogP contribution in [0.2, 0.25) is 0 Å². The summed E-state index contributed by atoms with van der Waals surface area (Å²) in [6.07, 6.45) is -1.03. The van der Waals surface area contributed by atoms with Crippen LogP contribution in [0.5, 0.6) is 5.75 Å². The third-order valence-corrected chi connectivity index (χ3v) is 7.04. The second-order valence-corrected chi connectivity index (χ2v) is 10.3. The Morgan fingerprint density at radius 3 is 2.46 bits per heavy atom. The number of hydrogen-bond donors (Lipinski definition) is 4. The first kappa shape index (κ1) is 28.5. The van der Waals surface area contributed by atoms with Crippen LogP contribution in [0, 0.1) is 9.39 Å². The average molecular weight is 647 g/mol. The fourth-order valence-corrected chi connectivity index (χ4v) is 4.74. The van der Waals surface area contributed by atoms with Crippen LogP contribution in [-0.4, -0.2) is 58.3 Å². The summed E-state index contributed by atoms with van der Waals surface area (Å²) in [5, 5.41) is 23.6. The van der Waals surface area contributed by atoms with Crippen molar-refractivity contribution in [3.63, 3.8) is 0 Å². The summed E-state index contributed by atoms with van der Waals surface area (Å²) >= 11 is 1.95. The molecule has 0 saturated carbocycles. The monoisotopic (exact) mass is 647 g/mol. The maximum atomic E-state index is 14.5. The van der Waals surface area contributed by atoms with Crippen LogP contribution in [0.1, 0.15) is 30.0 Å². The average Bonchev–Trinajstić information content (AvgIpc) is 3.23. The summed E-state index contributed by atoms with van der Waals surface area (Å²) in [5.74, 6) is -2.18. The molecule has 4 unspecified atom stereocenters. The van der Waals surface area contributed by atoms with Crippen molar-refractivity contribution in [1.29, 1.82) is 0 Å². The van der Waals surface area contributed by atoms with Gasteiger partial charge in [-0.2, -0.15) is 0 Å². The van der Waals surface area contributed by atoms with Gasteiger partial charge in [0.2, 0.25) is 5.91 Å². The highest BCUT2D eigenvalue weighted by atomic mass is 127. The molecule has 4 atom stereocenters. The number of nitrogens with zero attached hydrogens (tertiary/aromatic N) is 1. The van der Waals surface area contributed by atoms with Crippen LogP contribution in [-0.2, 0) is 9.59 Å². The summed E-state index contributed by atoms with van der Waals surface area (Å²) in [7, 11) is 0. The number of urea groups is 1. The Hall–Kier alpha value is -3.55. The Morgan fingerprint density at radius 2 is 1.82 bits per heavy atom. The van der Waals surface area contributed by atoms with E-state index in [1.165, 1.54) is 12.1 Å². The first-order valence-electron chi connectivity index (χ1n) is 12.2. The minimum absolute atomic E-state index is 0.0591. The number of rotatable bonds is 10. The second-order valence-electron chi connectivity index (χ2n) is 9.06. The minimum Gasteiger partial charge on any atom is -0.491 e. The molecule has 0 aromatic heterocycles. The van der Waals surface area contributed by atoms with Gasteiger partial charge < -0.3 is 25.6 Å². The molecule has 0 bridgehead atoms. The number of ether oxygens (including phenoxy) is 1. The highest BCUT2D eigenvalue weighted by Gasteiger charge is 2.47. The fourth-order valence-electron chi connectivity index (χ4n) is 4.29. The van der Waals surface area contributed by atoms with E-state index in [4.69, 9.17) is 9.84 Å². The molecule has 4 rings (SSSR count). The van der Waals surface area contributed by atoms with Crippen molar-refractivity contribution in [2.24, 2.45) is 0 Å². The molecule has 0 radical (unpaired) electrons. The maximum absolute atomic E-state index is 14.5. The molecule has 39 heavy (non-hydrogen) atoms. The van der Waals surface area contributed by atoms with E-state index in [2.05, 4.69) is 10.6 Å². The third-order valence-electron chi connectivity index (χ3n) is 6.37. The number of nitrogens with one attached hydrogen (secondary N) is 2. The lowest BCUT2D eigenvalue weighted by Crippen LogP contribution is -2.50. The van der Waals surface area contributed by atoms with Crippen LogP contribution >= 0.6 is 22.6 Å². The van der Waals surface area contributed by atoms with Gasteiger partial charge in [0, 0.05) is 9.49 Å².